The van der Waals surface area contributed by atoms with E-state index in [9.17, 15) is 14.7 Å². The van der Waals surface area contributed by atoms with Crippen LogP contribution in [0.5, 0.6) is 0 Å². The number of hydrogen-bond donors (Lipinski definition) is 1. The molecule has 0 aliphatic heterocycles. The van der Waals surface area contributed by atoms with Crippen LogP contribution >= 0.6 is 0 Å². The van der Waals surface area contributed by atoms with Crippen LogP contribution in [-0.4, -0.2) is 41.8 Å². The van der Waals surface area contributed by atoms with Gasteiger partial charge >= 0.3 is 12.1 Å². The zero-order chi connectivity index (χ0) is 19.7. The molecule has 1 N–H and O–H groups in total. The van der Waals surface area contributed by atoms with Crippen LogP contribution in [0.2, 0.25) is 0 Å². The van der Waals surface area contributed by atoms with Crippen LogP contribution in [-0.2, 0) is 9.53 Å². The average Bonchev–Trinajstić information content (AvgIpc) is 3.05. The van der Waals surface area contributed by atoms with Gasteiger partial charge in [-0.25, -0.2) is 4.79 Å². The van der Waals surface area contributed by atoms with Gasteiger partial charge in [-0.15, -0.1) is 0 Å². The molecule has 0 radical (unpaired) electrons. The summed E-state index contributed by atoms with van der Waals surface area (Å²) in [4.78, 5) is 25.7. The molecular formula is C23H25NO4. The van der Waals surface area contributed by atoms with E-state index in [1.54, 1.807) is 7.05 Å². The standard InChI is InChI=1S/C23H25NO4/c1-24(21-13-7-6-12-19(21)22(25)26)23(27)28-14-20-17-10-4-2-8-15(17)16-9-3-5-11-18(16)20/h2-5,8-11,19-21H,6-7,12-14H2,1H3,(H,25,26)/t19-,21-/m1/s1. The fraction of sp³-hybridized carbons (Fsp3) is 0.391. The van der Waals surface area contributed by atoms with Gasteiger partial charge in [0.25, 0.3) is 0 Å². The first-order valence-corrected chi connectivity index (χ1v) is 9.88. The van der Waals surface area contributed by atoms with Gasteiger partial charge in [-0.05, 0) is 35.1 Å². The van der Waals surface area contributed by atoms with Gasteiger partial charge in [-0.3, -0.25) is 4.79 Å². The van der Waals surface area contributed by atoms with E-state index in [1.165, 1.54) is 27.2 Å². The number of carbonyl (C=O) groups excluding carboxylic acids is 1. The van der Waals surface area contributed by atoms with Gasteiger partial charge in [0.2, 0.25) is 0 Å². The van der Waals surface area contributed by atoms with Crippen molar-refractivity contribution < 1.29 is 19.4 Å². The zero-order valence-electron chi connectivity index (χ0n) is 16.0. The molecule has 2 aromatic carbocycles. The van der Waals surface area contributed by atoms with Crippen LogP contribution in [0.3, 0.4) is 0 Å². The van der Waals surface area contributed by atoms with Gasteiger partial charge in [-0.1, -0.05) is 61.4 Å². The maximum Gasteiger partial charge on any atom is 0.409 e. The van der Waals surface area contributed by atoms with E-state index < -0.39 is 18.0 Å². The first kappa shape index (κ1) is 18.5. The van der Waals surface area contributed by atoms with Crippen LogP contribution in [0.4, 0.5) is 4.79 Å². The van der Waals surface area contributed by atoms with Crippen molar-refractivity contribution in [2.75, 3.05) is 13.7 Å². The van der Waals surface area contributed by atoms with Crippen LogP contribution < -0.4 is 0 Å². The lowest BCUT2D eigenvalue weighted by Crippen LogP contribution is -2.46. The molecule has 0 heterocycles. The Hall–Kier alpha value is -2.82. The minimum atomic E-state index is -0.831. The molecule has 5 nitrogen and oxygen atoms in total. The number of hydrogen-bond acceptors (Lipinski definition) is 3. The first-order chi connectivity index (χ1) is 13.6. The first-order valence-electron chi connectivity index (χ1n) is 9.88. The van der Waals surface area contributed by atoms with E-state index in [0.717, 1.165) is 12.8 Å². The van der Waals surface area contributed by atoms with Crippen molar-refractivity contribution in [3.05, 3.63) is 59.7 Å². The zero-order valence-corrected chi connectivity index (χ0v) is 16.0. The molecule has 2 aliphatic rings. The molecule has 2 aliphatic carbocycles. The fourth-order valence-electron chi connectivity index (χ4n) is 4.69. The molecule has 4 rings (SSSR count). The molecule has 1 saturated carbocycles. The number of carboxylic acids is 1. The molecule has 0 unspecified atom stereocenters. The molecule has 2 aromatic rings. The summed E-state index contributed by atoms with van der Waals surface area (Å²) in [6.07, 6.45) is 2.71. The third kappa shape index (κ3) is 3.26. The molecule has 0 aromatic heterocycles. The van der Waals surface area contributed by atoms with Gasteiger partial charge in [0.1, 0.15) is 6.61 Å². The minimum absolute atomic E-state index is 0.00590. The predicted octanol–water partition coefficient (Wildman–Crippen LogP) is 4.51. The Bertz CT molecular complexity index is 848. The second kappa shape index (κ2) is 7.66. The summed E-state index contributed by atoms with van der Waals surface area (Å²) in [6, 6.07) is 16.1. The summed E-state index contributed by atoms with van der Waals surface area (Å²) in [5.41, 5.74) is 4.71. The van der Waals surface area contributed by atoms with E-state index in [0.29, 0.717) is 12.8 Å². The highest BCUT2D eigenvalue weighted by Gasteiger charge is 2.36. The maximum absolute atomic E-state index is 12.7. The predicted molar refractivity (Wildman–Crippen MR) is 106 cm³/mol. The lowest BCUT2D eigenvalue weighted by molar-refractivity contribution is -0.145. The summed E-state index contributed by atoms with van der Waals surface area (Å²) in [6.45, 7) is 0.252. The molecule has 1 fully saturated rings. The van der Waals surface area contributed by atoms with Crippen molar-refractivity contribution >= 4 is 12.1 Å². The lowest BCUT2D eigenvalue weighted by atomic mass is 9.84. The highest BCUT2D eigenvalue weighted by molar-refractivity contribution is 5.79. The number of ether oxygens (including phenoxy) is 1. The van der Waals surface area contributed by atoms with Crippen molar-refractivity contribution in [3.63, 3.8) is 0 Å². The summed E-state index contributed by atoms with van der Waals surface area (Å²) in [5, 5.41) is 9.48. The number of fused-ring (bicyclic) bond motifs is 3. The summed E-state index contributed by atoms with van der Waals surface area (Å²) >= 11 is 0. The topological polar surface area (TPSA) is 66.8 Å². The van der Waals surface area contributed by atoms with E-state index in [2.05, 4.69) is 24.3 Å². The van der Waals surface area contributed by atoms with Gasteiger partial charge in [0.05, 0.1) is 5.92 Å². The molecule has 5 heteroatoms. The van der Waals surface area contributed by atoms with Crippen LogP contribution in [0.1, 0.15) is 42.7 Å². The highest BCUT2D eigenvalue weighted by Crippen LogP contribution is 2.44. The number of aliphatic carboxylic acids is 1. The highest BCUT2D eigenvalue weighted by atomic mass is 16.6. The van der Waals surface area contributed by atoms with E-state index in [4.69, 9.17) is 4.74 Å². The normalized spacial score (nSPS) is 20.9. The molecule has 0 bridgehead atoms. The van der Waals surface area contributed by atoms with E-state index in [1.807, 2.05) is 24.3 Å². The van der Waals surface area contributed by atoms with Crippen molar-refractivity contribution in [3.8, 4) is 11.1 Å². The Balaban J connectivity index is 1.48. The second-order valence-corrected chi connectivity index (χ2v) is 7.71. The van der Waals surface area contributed by atoms with Gasteiger partial charge in [0, 0.05) is 19.0 Å². The molecular weight excluding hydrogens is 354 g/mol. The Morgan fingerprint density at radius 3 is 2.18 bits per heavy atom. The summed E-state index contributed by atoms with van der Waals surface area (Å²) in [7, 11) is 1.66. The molecule has 0 spiro atoms. The third-order valence-electron chi connectivity index (χ3n) is 6.17. The Morgan fingerprint density at radius 2 is 1.57 bits per heavy atom. The number of carbonyl (C=O) groups is 2. The van der Waals surface area contributed by atoms with Crippen molar-refractivity contribution in [1.29, 1.82) is 0 Å². The quantitative estimate of drug-likeness (QED) is 0.849. The molecule has 2 atom stereocenters. The number of amides is 1. The van der Waals surface area contributed by atoms with E-state index in [-0.39, 0.29) is 18.6 Å². The average molecular weight is 379 g/mol. The number of rotatable bonds is 4. The van der Waals surface area contributed by atoms with Crippen LogP contribution in [0, 0.1) is 5.92 Å². The monoisotopic (exact) mass is 379 g/mol. The largest absolute Gasteiger partial charge is 0.481 e. The SMILES string of the molecule is CN(C(=O)OCC1c2ccccc2-c2ccccc21)[C@@H]1CCCC[C@H]1C(=O)O. The van der Waals surface area contributed by atoms with Gasteiger partial charge in [0.15, 0.2) is 0 Å². The maximum atomic E-state index is 12.7. The van der Waals surface area contributed by atoms with Crippen LogP contribution in [0.15, 0.2) is 48.5 Å². The van der Waals surface area contributed by atoms with Crippen molar-refractivity contribution in [2.24, 2.45) is 5.92 Å². The molecule has 146 valence electrons. The molecule has 0 saturated heterocycles. The molecule has 28 heavy (non-hydrogen) atoms. The summed E-state index contributed by atoms with van der Waals surface area (Å²) in [5.74, 6) is -1.34. The number of benzene rings is 2. The van der Waals surface area contributed by atoms with Crippen LogP contribution in [0.25, 0.3) is 11.1 Å². The summed E-state index contributed by atoms with van der Waals surface area (Å²) < 4.78 is 5.68. The third-order valence-corrected chi connectivity index (χ3v) is 6.17. The Morgan fingerprint density at radius 1 is 1.00 bits per heavy atom. The molecule has 1 amide bonds. The van der Waals surface area contributed by atoms with Gasteiger partial charge in [-0.2, -0.15) is 0 Å². The van der Waals surface area contributed by atoms with Gasteiger partial charge < -0.3 is 14.7 Å². The van der Waals surface area contributed by atoms with Crippen molar-refractivity contribution in [1.82, 2.24) is 4.90 Å². The lowest BCUT2D eigenvalue weighted by Gasteiger charge is -2.35. The smallest absolute Gasteiger partial charge is 0.409 e. The number of nitrogens with zero attached hydrogens (tertiary/aromatic N) is 1. The minimum Gasteiger partial charge on any atom is -0.481 e. The Kier molecular flexibility index (Phi) is 5.07. The fourth-order valence-corrected chi connectivity index (χ4v) is 4.69. The Labute approximate surface area is 164 Å². The number of carboxylic acid groups (broad SMARTS) is 1. The van der Waals surface area contributed by atoms with Crippen molar-refractivity contribution in [2.45, 2.75) is 37.6 Å². The second-order valence-electron chi connectivity index (χ2n) is 7.71. The van der Waals surface area contributed by atoms with E-state index >= 15 is 0 Å².